The van der Waals surface area contributed by atoms with Crippen LogP contribution in [0.15, 0.2) is 18.2 Å². The van der Waals surface area contributed by atoms with Gasteiger partial charge in [0, 0.05) is 29.2 Å². The number of benzene rings is 1. The fraction of sp³-hybridized carbons (Fsp3) is 0.588. The standard InChI is InChI=1S/C17H24ClN2O/c1-19-16(10-13-6-3-2-4-7-13)12-20-17(21)14-8-5-9-15(18)11-14/h5,8,11,13,16,19H,2-4,6-7,10,12H2,1H3,(H,20,21). The molecule has 0 spiro atoms. The molecular weight excluding hydrogens is 284 g/mol. The van der Waals surface area contributed by atoms with Crippen molar-refractivity contribution in [3.05, 3.63) is 34.9 Å². The van der Waals surface area contributed by atoms with Gasteiger partial charge in [0.2, 0.25) is 0 Å². The van der Waals surface area contributed by atoms with Crippen molar-refractivity contribution in [2.75, 3.05) is 13.6 Å². The molecule has 4 heteroatoms. The Hall–Kier alpha value is -1.06. The van der Waals surface area contributed by atoms with Gasteiger partial charge < -0.3 is 10.6 Å². The molecule has 1 aliphatic carbocycles. The van der Waals surface area contributed by atoms with Crippen LogP contribution in [0.1, 0.15) is 48.9 Å². The quantitative estimate of drug-likeness (QED) is 0.845. The summed E-state index contributed by atoms with van der Waals surface area (Å²) in [6, 6.07) is 8.22. The van der Waals surface area contributed by atoms with E-state index in [2.05, 4.69) is 16.7 Å². The second-order valence-corrected chi connectivity index (χ2v) is 6.27. The smallest absolute Gasteiger partial charge is 0.251 e. The monoisotopic (exact) mass is 307 g/mol. The zero-order valence-electron chi connectivity index (χ0n) is 12.6. The lowest BCUT2D eigenvalue weighted by Crippen LogP contribution is -2.40. The molecule has 1 radical (unpaired) electrons. The van der Waals surface area contributed by atoms with Gasteiger partial charge in [-0.3, -0.25) is 4.79 Å². The van der Waals surface area contributed by atoms with Gasteiger partial charge >= 0.3 is 0 Å². The third-order valence-electron chi connectivity index (χ3n) is 4.29. The van der Waals surface area contributed by atoms with Crippen LogP contribution in [0, 0.1) is 12.0 Å². The molecule has 0 bridgehead atoms. The molecule has 1 saturated carbocycles. The third-order valence-corrected chi connectivity index (χ3v) is 4.51. The van der Waals surface area contributed by atoms with E-state index in [1.165, 1.54) is 32.1 Å². The summed E-state index contributed by atoms with van der Waals surface area (Å²) >= 11 is 5.86. The van der Waals surface area contributed by atoms with Crippen molar-refractivity contribution in [3.63, 3.8) is 0 Å². The average molecular weight is 308 g/mol. The number of carbonyl (C=O) groups excluding carboxylic acids is 1. The first kappa shape index (κ1) is 16.3. The largest absolute Gasteiger partial charge is 0.350 e. The SMILES string of the molecule is CNC(CNC(=O)c1cc[c]c(Cl)c1)CC1CCCCC1. The molecule has 1 unspecified atom stereocenters. The number of amides is 1. The highest BCUT2D eigenvalue weighted by Crippen LogP contribution is 2.27. The second kappa shape index (κ2) is 8.40. The fourth-order valence-corrected chi connectivity index (χ4v) is 3.21. The normalized spacial score (nSPS) is 17.4. The number of halogens is 1. The van der Waals surface area contributed by atoms with Crippen molar-refractivity contribution in [2.24, 2.45) is 5.92 Å². The minimum atomic E-state index is -0.0743. The van der Waals surface area contributed by atoms with Crippen molar-refractivity contribution in [2.45, 2.75) is 44.6 Å². The number of likely N-dealkylation sites (N-methyl/N-ethyl adjacent to an activating group) is 1. The molecule has 1 fully saturated rings. The Labute approximate surface area is 132 Å². The Morgan fingerprint density at radius 2 is 2.19 bits per heavy atom. The lowest BCUT2D eigenvalue weighted by atomic mass is 9.85. The van der Waals surface area contributed by atoms with Crippen LogP contribution in [0.4, 0.5) is 0 Å². The minimum Gasteiger partial charge on any atom is -0.350 e. The third kappa shape index (κ3) is 5.33. The molecule has 2 rings (SSSR count). The van der Waals surface area contributed by atoms with E-state index >= 15 is 0 Å². The van der Waals surface area contributed by atoms with Crippen molar-refractivity contribution in [1.82, 2.24) is 10.6 Å². The van der Waals surface area contributed by atoms with Gasteiger partial charge in [-0.25, -0.2) is 0 Å². The molecular formula is C17H24ClN2O. The first-order chi connectivity index (χ1) is 10.2. The van der Waals surface area contributed by atoms with Gasteiger partial charge in [0.1, 0.15) is 0 Å². The topological polar surface area (TPSA) is 41.1 Å². The Balaban J connectivity index is 1.80. The molecule has 2 N–H and O–H groups in total. The first-order valence-corrected chi connectivity index (χ1v) is 8.19. The van der Waals surface area contributed by atoms with E-state index in [1.54, 1.807) is 18.2 Å². The summed E-state index contributed by atoms with van der Waals surface area (Å²) in [7, 11) is 1.97. The molecule has 1 amide bonds. The van der Waals surface area contributed by atoms with Gasteiger partial charge in [0.25, 0.3) is 5.91 Å². The molecule has 0 heterocycles. The summed E-state index contributed by atoms with van der Waals surface area (Å²) in [5.41, 5.74) is 0.589. The van der Waals surface area contributed by atoms with E-state index in [9.17, 15) is 4.79 Å². The maximum atomic E-state index is 12.1. The van der Waals surface area contributed by atoms with Crippen LogP contribution >= 0.6 is 11.6 Å². The highest BCUT2D eigenvalue weighted by molar-refractivity contribution is 6.30. The van der Waals surface area contributed by atoms with Crippen LogP contribution in [0.2, 0.25) is 5.02 Å². The van der Waals surface area contributed by atoms with Crippen molar-refractivity contribution >= 4 is 17.5 Å². The Morgan fingerprint density at radius 1 is 1.43 bits per heavy atom. The zero-order valence-corrected chi connectivity index (χ0v) is 13.4. The molecule has 3 nitrogen and oxygen atoms in total. The van der Waals surface area contributed by atoms with E-state index in [1.807, 2.05) is 7.05 Å². The predicted molar refractivity (Wildman–Crippen MR) is 86.7 cm³/mol. The van der Waals surface area contributed by atoms with E-state index in [0.29, 0.717) is 23.2 Å². The van der Waals surface area contributed by atoms with Crippen molar-refractivity contribution in [3.8, 4) is 0 Å². The van der Waals surface area contributed by atoms with Crippen molar-refractivity contribution < 1.29 is 4.79 Å². The van der Waals surface area contributed by atoms with Crippen LogP contribution in [-0.2, 0) is 0 Å². The van der Waals surface area contributed by atoms with Crippen LogP contribution in [0.5, 0.6) is 0 Å². The lowest BCUT2D eigenvalue weighted by Gasteiger charge is -2.26. The molecule has 21 heavy (non-hydrogen) atoms. The average Bonchev–Trinajstić information content (AvgIpc) is 2.52. The van der Waals surface area contributed by atoms with Crippen molar-refractivity contribution in [1.29, 1.82) is 0 Å². The maximum Gasteiger partial charge on any atom is 0.251 e. The molecule has 0 aliphatic heterocycles. The number of hydrogen-bond acceptors (Lipinski definition) is 2. The summed E-state index contributed by atoms with van der Waals surface area (Å²) in [4.78, 5) is 12.1. The number of nitrogens with one attached hydrogen (secondary N) is 2. The Morgan fingerprint density at radius 3 is 2.86 bits per heavy atom. The van der Waals surface area contributed by atoms with Crippen LogP contribution in [0.25, 0.3) is 0 Å². The van der Waals surface area contributed by atoms with E-state index < -0.39 is 0 Å². The van der Waals surface area contributed by atoms with Gasteiger partial charge in [0.05, 0.1) is 0 Å². The fourth-order valence-electron chi connectivity index (χ4n) is 3.03. The Bertz CT molecular complexity index is 458. The zero-order chi connectivity index (χ0) is 15.1. The van der Waals surface area contributed by atoms with E-state index in [4.69, 9.17) is 11.6 Å². The van der Waals surface area contributed by atoms with E-state index in [0.717, 1.165) is 12.3 Å². The summed E-state index contributed by atoms with van der Waals surface area (Å²) in [5.74, 6) is 0.726. The summed E-state index contributed by atoms with van der Waals surface area (Å²) in [5, 5.41) is 6.78. The summed E-state index contributed by atoms with van der Waals surface area (Å²) in [6.07, 6.45) is 7.88. The van der Waals surface area contributed by atoms with Gasteiger partial charge in [-0.15, -0.1) is 0 Å². The predicted octanol–water partition coefficient (Wildman–Crippen LogP) is 3.43. The van der Waals surface area contributed by atoms with E-state index in [-0.39, 0.29) is 5.91 Å². The first-order valence-electron chi connectivity index (χ1n) is 7.81. The second-order valence-electron chi connectivity index (χ2n) is 5.86. The maximum absolute atomic E-state index is 12.1. The van der Waals surface area contributed by atoms with Gasteiger partial charge in [-0.05, 0) is 31.5 Å². The number of carbonyl (C=O) groups is 1. The summed E-state index contributed by atoms with van der Waals surface area (Å²) in [6.45, 7) is 0.655. The van der Waals surface area contributed by atoms with Gasteiger partial charge in [-0.2, -0.15) is 0 Å². The highest BCUT2D eigenvalue weighted by atomic mass is 35.5. The Kier molecular flexibility index (Phi) is 6.52. The van der Waals surface area contributed by atoms with Gasteiger partial charge in [-0.1, -0.05) is 49.8 Å². The van der Waals surface area contributed by atoms with Crippen LogP contribution in [-0.4, -0.2) is 25.5 Å². The lowest BCUT2D eigenvalue weighted by molar-refractivity contribution is 0.0947. The molecule has 1 atom stereocenters. The van der Waals surface area contributed by atoms with Gasteiger partial charge in [0.15, 0.2) is 0 Å². The number of rotatable bonds is 6. The molecule has 0 aromatic heterocycles. The van der Waals surface area contributed by atoms with Crippen LogP contribution < -0.4 is 10.6 Å². The molecule has 1 aromatic carbocycles. The van der Waals surface area contributed by atoms with Crippen LogP contribution in [0.3, 0.4) is 0 Å². The molecule has 0 saturated heterocycles. The highest BCUT2D eigenvalue weighted by Gasteiger charge is 2.18. The molecule has 1 aliphatic rings. The summed E-state index contributed by atoms with van der Waals surface area (Å²) < 4.78 is 0. The minimum absolute atomic E-state index is 0.0743. The number of hydrogen-bond donors (Lipinski definition) is 2. The molecule has 1 aromatic rings. The molecule has 115 valence electrons.